The second-order valence-electron chi connectivity index (χ2n) is 6.94. The third kappa shape index (κ3) is 5.61. The first-order chi connectivity index (χ1) is 14.5. The zero-order valence-corrected chi connectivity index (χ0v) is 16.9. The van der Waals surface area contributed by atoms with E-state index in [0.29, 0.717) is 30.6 Å². The summed E-state index contributed by atoms with van der Waals surface area (Å²) in [7, 11) is 0. The average Bonchev–Trinajstić information content (AvgIpc) is 2.79. The van der Waals surface area contributed by atoms with Crippen molar-refractivity contribution in [1.82, 2.24) is 20.6 Å². The van der Waals surface area contributed by atoms with Gasteiger partial charge in [0.25, 0.3) is 5.91 Å². The van der Waals surface area contributed by atoms with Crippen molar-refractivity contribution in [1.29, 1.82) is 0 Å². The highest BCUT2D eigenvalue weighted by Crippen LogP contribution is 2.25. The third-order valence-corrected chi connectivity index (χ3v) is 4.49. The highest BCUT2D eigenvalue weighted by Gasteiger charge is 2.09. The van der Waals surface area contributed by atoms with Crippen LogP contribution in [0.2, 0.25) is 0 Å². The van der Waals surface area contributed by atoms with Gasteiger partial charge in [-0.05, 0) is 31.0 Å². The second kappa shape index (κ2) is 10.1. The Balaban J connectivity index is 1.63. The summed E-state index contributed by atoms with van der Waals surface area (Å²) in [4.78, 5) is 32.4. The van der Waals surface area contributed by atoms with E-state index < -0.39 is 0 Å². The van der Waals surface area contributed by atoms with Gasteiger partial charge in [-0.15, -0.1) is 0 Å². The molecule has 0 radical (unpaired) electrons. The van der Waals surface area contributed by atoms with Gasteiger partial charge in [-0.1, -0.05) is 36.9 Å². The topological polar surface area (TPSA) is 84.0 Å². The van der Waals surface area contributed by atoms with Crippen LogP contribution in [0.25, 0.3) is 22.3 Å². The maximum atomic E-state index is 12.5. The van der Waals surface area contributed by atoms with Crippen molar-refractivity contribution in [2.45, 2.75) is 13.3 Å². The molecule has 0 aliphatic heterocycles. The first kappa shape index (κ1) is 20.9. The largest absolute Gasteiger partial charge is 0.352 e. The monoisotopic (exact) mass is 400 g/mol. The third-order valence-electron chi connectivity index (χ3n) is 4.49. The van der Waals surface area contributed by atoms with Gasteiger partial charge in [0.2, 0.25) is 5.91 Å². The summed E-state index contributed by atoms with van der Waals surface area (Å²) in [5, 5.41) is 5.59. The second-order valence-corrected chi connectivity index (χ2v) is 6.94. The first-order valence-electron chi connectivity index (χ1n) is 9.72. The molecule has 0 aliphatic carbocycles. The van der Waals surface area contributed by atoms with Gasteiger partial charge in [-0.3, -0.25) is 19.6 Å². The predicted octanol–water partition coefficient (Wildman–Crippen LogP) is 3.62. The molecule has 3 aromatic rings. The van der Waals surface area contributed by atoms with E-state index >= 15 is 0 Å². The molecule has 0 aliphatic rings. The van der Waals surface area contributed by atoms with E-state index in [1.807, 2.05) is 42.6 Å². The van der Waals surface area contributed by atoms with Gasteiger partial charge >= 0.3 is 0 Å². The van der Waals surface area contributed by atoms with Crippen LogP contribution in [0.5, 0.6) is 0 Å². The predicted molar refractivity (Wildman–Crippen MR) is 118 cm³/mol. The lowest BCUT2D eigenvalue weighted by Gasteiger charge is -2.08. The molecule has 0 atom stereocenters. The van der Waals surface area contributed by atoms with Gasteiger partial charge in [0, 0.05) is 60.1 Å². The number of pyridine rings is 2. The van der Waals surface area contributed by atoms with Gasteiger partial charge in [-0.2, -0.15) is 0 Å². The van der Waals surface area contributed by atoms with Crippen LogP contribution in [-0.4, -0.2) is 34.9 Å². The Morgan fingerprint density at radius 1 is 0.833 bits per heavy atom. The number of aromatic nitrogens is 2. The van der Waals surface area contributed by atoms with Crippen LogP contribution in [0.15, 0.2) is 79.4 Å². The minimum absolute atomic E-state index is 0.176. The standard InChI is InChI=1S/C24H24N4O2/c1-17(2)23(29)27-9-6-10-28-24(30)22-12-21(15-26-16-22)20-11-19(13-25-14-20)18-7-4-3-5-8-18/h3-5,7-8,11-16H,1,6,9-10H2,2H3,(H,27,29)(H,28,30). The highest BCUT2D eigenvalue weighted by molar-refractivity contribution is 5.95. The minimum Gasteiger partial charge on any atom is -0.352 e. The molecule has 1 aromatic carbocycles. The molecule has 152 valence electrons. The molecule has 2 amide bonds. The van der Waals surface area contributed by atoms with Crippen molar-refractivity contribution < 1.29 is 9.59 Å². The van der Waals surface area contributed by atoms with Gasteiger partial charge in [0.05, 0.1) is 5.56 Å². The fourth-order valence-electron chi connectivity index (χ4n) is 2.85. The van der Waals surface area contributed by atoms with E-state index in [0.717, 1.165) is 22.3 Å². The molecule has 3 rings (SSSR count). The summed E-state index contributed by atoms with van der Waals surface area (Å²) in [6.45, 7) is 6.16. The van der Waals surface area contributed by atoms with Crippen LogP contribution in [0, 0.1) is 0 Å². The van der Waals surface area contributed by atoms with Crippen molar-refractivity contribution in [2.75, 3.05) is 13.1 Å². The van der Waals surface area contributed by atoms with E-state index in [2.05, 4.69) is 27.2 Å². The van der Waals surface area contributed by atoms with Crippen LogP contribution < -0.4 is 10.6 Å². The molecule has 2 N–H and O–H groups in total. The Hall–Kier alpha value is -3.80. The molecule has 0 unspecified atom stereocenters. The van der Waals surface area contributed by atoms with Crippen molar-refractivity contribution in [2.24, 2.45) is 0 Å². The molecule has 2 heterocycles. The Kier molecular flexibility index (Phi) is 7.05. The molecule has 6 nitrogen and oxygen atoms in total. The van der Waals surface area contributed by atoms with Gasteiger partial charge in [-0.25, -0.2) is 0 Å². The number of hydrogen-bond donors (Lipinski definition) is 2. The summed E-state index contributed by atoms with van der Waals surface area (Å²) in [5.41, 5.74) is 4.73. The normalized spacial score (nSPS) is 10.3. The highest BCUT2D eigenvalue weighted by atomic mass is 16.2. The minimum atomic E-state index is -0.206. The van der Waals surface area contributed by atoms with Crippen LogP contribution in [0.4, 0.5) is 0 Å². The lowest BCUT2D eigenvalue weighted by molar-refractivity contribution is -0.117. The fourth-order valence-corrected chi connectivity index (χ4v) is 2.85. The molecule has 30 heavy (non-hydrogen) atoms. The SMILES string of the molecule is C=C(C)C(=O)NCCCNC(=O)c1cncc(-c2cncc(-c3ccccc3)c2)c1. The summed E-state index contributed by atoms with van der Waals surface area (Å²) < 4.78 is 0. The molecule has 0 saturated carbocycles. The van der Waals surface area contributed by atoms with Crippen LogP contribution in [0.3, 0.4) is 0 Å². The molecular weight excluding hydrogens is 376 g/mol. The molecule has 6 heteroatoms. The quantitative estimate of drug-likeness (QED) is 0.447. The number of carbonyl (C=O) groups is 2. The van der Waals surface area contributed by atoms with E-state index in [4.69, 9.17) is 0 Å². The lowest BCUT2D eigenvalue weighted by Crippen LogP contribution is -2.30. The zero-order chi connectivity index (χ0) is 21.3. The summed E-state index contributed by atoms with van der Waals surface area (Å²) >= 11 is 0. The fraction of sp³-hybridized carbons (Fsp3) is 0.167. The van der Waals surface area contributed by atoms with Crippen molar-refractivity contribution in [3.05, 3.63) is 85.0 Å². The number of hydrogen-bond acceptors (Lipinski definition) is 4. The Morgan fingerprint density at radius 2 is 1.43 bits per heavy atom. The first-order valence-corrected chi connectivity index (χ1v) is 9.72. The molecule has 0 saturated heterocycles. The summed E-state index contributed by atoms with van der Waals surface area (Å²) in [5.74, 6) is -0.382. The van der Waals surface area contributed by atoms with Crippen LogP contribution >= 0.6 is 0 Å². The number of nitrogens with zero attached hydrogens (tertiary/aromatic N) is 2. The van der Waals surface area contributed by atoms with Crippen LogP contribution in [-0.2, 0) is 4.79 Å². The number of carbonyl (C=O) groups excluding carboxylic acids is 2. The van der Waals surface area contributed by atoms with E-state index in [-0.39, 0.29) is 11.8 Å². The van der Waals surface area contributed by atoms with Gasteiger partial charge in [0.1, 0.15) is 0 Å². The van der Waals surface area contributed by atoms with Crippen molar-refractivity contribution in [3.8, 4) is 22.3 Å². The zero-order valence-electron chi connectivity index (χ0n) is 16.9. The Bertz CT molecular complexity index is 1050. The molecule has 2 aromatic heterocycles. The van der Waals surface area contributed by atoms with E-state index in [1.165, 1.54) is 6.20 Å². The van der Waals surface area contributed by atoms with Crippen molar-refractivity contribution in [3.63, 3.8) is 0 Å². The Morgan fingerprint density at radius 3 is 2.13 bits per heavy atom. The summed E-state index contributed by atoms with van der Waals surface area (Å²) in [6.07, 6.45) is 7.46. The van der Waals surface area contributed by atoms with Crippen LogP contribution in [0.1, 0.15) is 23.7 Å². The summed E-state index contributed by atoms with van der Waals surface area (Å²) in [6, 6.07) is 13.8. The molecule has 0 spiro atoms. The van der Waals surface area contributed by atoms with Crippen molar-refractivity contribution >= 4 is 11.8 Å². The smallest absolute Gasteiger partial charge is 0.252 e. The number of rotatable bonds is 8. The number of benzene rings is 1. The molecular formula is C24H24N4O2. The molecule has 0 fully saturated rings. The Labute approximate surface area is 176 Å². The average molecular weight is 400 g/mol. The number of amides is 2. The lowest BCUT2D eigenvalue weighted by atomic mass is 10.0. The number of nitrogens with one attached hydrogen (secondary N) is 2. The maximum absolute atomic E-state index is 12.5. The maximum Gasteiger partial charge on any atom is 0.252 e. The van der Waals surface area contributed by atoms with Gasteiger partial charge < -0.3 is 10.6 Å². The van der Waals surface area contributed by atoms with E-state index in [1.54, 1.807) is 25.4 Å². The van der Waals surface area contributed by atoms with E-state index in [9.17, 15) is 9.59 Å². The molecule has 0 bridgehead atoms. The van der Waals surface area contributed by atoms with Gasteiger partial charge in [0.15, 0.2) is 0 Å².